The number of furan rings is 1. The Kier molecular flexibility index (Phi) is 7.19. The van der Waals surface area contributed by atoms with Crippen LogP contribution in [0.3, 0.4) is 0 Å². The molecule has 0 unspecified atom stereocenters. The van der Waals surface area contributed by atoms with Gasteiger partial charge >= 0.3 is 5.97 Å². The summed E-state index contributed by atoms with van der Waals surface area (Å²) in [5, 5.41) is 3.63. The molecule has 0 aliphatic heterocycles. The van der Waals surface area contributed by atoms with Crippen LogP contribution in [0.1, 0.15) is 48.1 Å². The van der Waals surface area contributed by atoms with E-state index in [9.17, 15) is 14.4 Å². The van der Waals surface area contributed by atoms with Crippen molar-refractivity contribution >= 4 is 50.6 Å². The van der Waals surface area contributed by atoms with Gasteiger partial charge in [-0.2, -0.15) is 0 Å². The summed E-state index contributed by atoms with van der Waals surface area (Å²) < 4.78 is 10.2. The number of hydrogen-bond donors (Lipinski definition) is 1. The molecular weight excluding hydrogens is 474 g/mol. The molecule has 4 aromatic rings. The summed E-state index contributed by atoms with van der Waals surface area (Å²) in [4.78, 5) is 44.9. The van der Waals surface area contributed by atoms with E-state index in [1.54, 1.807) is 38.1 Å². The van der Waals surface area contributed by atoms with Crippen LogP contribution in [0.15, 0.2) is 65.3 Å². The van der Waals surface area contributed by atoms with Gasteiger partial charge < -0.3 is 14.5 Å². The van der Waals surface area contributed by atoms with Gasteiger partial charge in [-0.3, -0.25) is 14.5 Å². The number of aromatic nitrogens is 1. The zero-order valence-electron chi connectivity index (χ0n) is 18.4. The maximum atomic E-state index is 13.5. The summed E-state index contributed by atoms with van der Waals surface area (Å²) in [6.07, 6.45) is 1.42. The number of ether oxygens (including phenoxy) is 1. The Bertz CT molecular complexity index is 1300. The highest BCUT2D eigenvalue weighted by Crippen LogP contribution is 2.31. The monoisotopic (exact) mass is 495 g/mol. The first-order chi connectivity index (χ1) is 16.5. The smallest absolute Gasteiger partial charge is 0.350 e. The first-order valence-corrected chi connectivity index (χ1v) is 12.0. The Morgan fingerprint density at radius 1 is 1.06 bits per heavy atom. The van der Waals surface area contributed by atoms with Gasteiger partial charge in [0.25, 0.3) is 11.8 Å². The number of benzene rings is 1. The average molecular weight is 496 g/mol. The highest BCUT2D eigenvalue weighted by atomic mass is 32.1. The van der Waals surface area contributed by atoms with E-state index in [0.717, 1.165) is 28.2 Å². The van der Waals surface area contributed by atoms with Crippen molar-refractivity contribution in [2.45, 2.75) is 20.4 Å². The van der Waals surface area contributed by atoms with Gasteiger partial charge in [0.05, 0.1) is 35.0 Å². The summed E-state index contributed by atoms with van der Waals surface area (Å²) in [5.74, 6) is -0.982. The number of aryl methyl sites for hydroxylation is 1. The van der Waals surface area contributed by atoms with Crippen LogP contribution in [0.2, 0.25) is 0 Å². The van der Waals surface area contributed by atoms with E-state index in [4.69, 9.17) is 9.15 Å². The van der Waals surface area contributed by atoms with Gasteiger partial charge in [0.15, 0.2) is 10.9 Å². The third-order valence-electron chi connectivity index (χ3n) is 4.70. The predicted octanol–water partition coefficient (Wildman–Crippen LogP) is 5.38. The number of thiazole rings is 1. The topological polar surface area (TPSA) is 102 Å². The normalized spacial score (nSPS) is 10.6. The molecule has 0 bridgehead atoms. The Hall–Kier alpha value is -3.76. The second kappa shape index (κ2) is 10.4. The summed E-state index contributed by atoms with van der Waals surface area (Å²) in [6, 6.07) is 16.0. The first-order valence-electron chi connectivity index (χ1n) is 10.4. The Balaban J connectivity index is 1.61. The fourth-order valence-corrected chi connectivity index (χ4v) is 4.92. The zero-order valence-corrected chi connectivity index (χ0v) is 20.1. The van der Waals surface area contributed by atoms with Crippen LogP contribution >= 0.6 is 22.7 Å². The fraction of sp³-hybridized carbons (Fsp3) is 0.167. The van der Waals surface area contributed by atoms with Crippen LogP contribution < -0.4 is 10.2 Å². The lowest BCUT2D eigenvalue weighted by Crippen LogP contribution is -2.29. The molecule has 0 radical (unpaired) electrons. The van der Waals surface area contributed by atoms with Gasteiger partial charge in [-0.15, -0.1) is 11.3 Å². The number of hydrogen-bond acceptors (Lipinski definition) is 8. The predicted molar refractivity (Wildman–Crippen MR) is 131 cm³/mol. The van der Waals surface area contributed by atoms with Crippen LogP contribution in [0.4, 0.5) is 10.1 Å². The van der Waals surface area contributed by atoms with E-state index >= 15 is 0 Å². The van der Waals surface area contributed by atoms with Crippen molar-refractivity contribution in [2.75, 3.05) is 16.8 Å². The van der Waals surface area contributed by atoms with Gasteiger partial charge in [0, 0.05) is 0 Å². The molecule has 0 aliphatic rings. The molecule has 0 atom stereocenters. The molecule has 8 nitrogen and oxygen atoms in total. The lowest BCUT2D eigenvalue weighted by atomic mass is 10.2. The second-order valence-electron chi connectivity index (χ2n) is 7.10. The molecule has 2 amide bonds. The van der Waals surface area contributed by atoms with Crippen molar-refractivity contribution < 1.29 is 23.5 Å². The molecule has 0 saturated carbocycles. The molecule has 3 heterocycles. The number of nitrogens with zero attached hydrogens (tertiary/aromatic N) is 2. The van der Waals surface area contributed by atoms with E-state index in [1.165, 1.54) is 11.2 Å². The van der Waals surface area contributed by atoms with E-state index in [2.05, 4.69) is 10.3 Å². The number of nitrogens with one attached hydrogen (secondary N) is 1. The van der Waals surface area contributed by atoms with Crippen molar-refractivity contribution in [3.8, 4) is 0 Å². The van der Waals surface area contributed by atoms with E-state index in [0.29, 0.717) is 25.6 Å². The zero-order chi connectivity index (χ0) is 24.1. The average Bonchev–Trinajstić information content (AvgIpc) is 3.59. The fourth-order valence-electron chi connectivity index (χ4n) is 3.11. The highest BCUT2D eigenvalue weighted by Gasteiger charge is 2.26. The highest BCUT2D eigenvalue weighted by molar-refractivity contribution is 7.19. The van der Waals surface area contributed by atoms with Gasteiger partial charge in [0.1, 0.15) is 4.88 Å². The van der Waals surface area contributed by atoms with Crippen molar-refractivity contribution in [1.29, 1.82) is 0 Å². The Morgan fingerprint density at radius 2 is 1.85 bits per heavy atom. The molecule has 0 aliphatic carbocycles. The van der Waals surface area contributed by atoms with Crippen molar-refractivity contribution in [1.82, 2.24) is 4.98 Å². The minimum absolute atomic E-state index is 0.178. The summed E-state index contributed by atoms with van der Waals surface area (Å²) in [5.41, 5.74) is 1.41. The Morgan fingerprint density at radius 3 is 2.56 bits per heavy atom. The number of rotatable bonds is 8. The molecule has 1 N–H and O–H groups in total. The second-order valence-corrected chi connectivity index (χ2v) is 9.16. The number of carbonyl (C=O) groups is 3. The Labute approximate surface area is 203 Å². The van der Waals surface area contributed by atoms with Gasteiger partial charge in [-0.05, 0) is 43.7 Å². The van der Waals surface area contributed by atoms with Gasteiger partial charge in [-0.25, -0.2) is 9.78 Å². The van der Waals surface area contributed by atoms with Crippen molar-refractivity contribution in [3.63, 3.8) is 0 Å². The van der Waals surface area contributed by atoms with Gasteiger partial charge in [0.2, 0.25) is 0 Å². The SMILES string of the molecule is CCOC(=O)c1sc(N(Cc2ccccc2)C(=O)c2ccc(NC(=O)c3ccco3)s2)nc1C. The molecule has 34 heavy (non-hydrogen) atoms. The standard InChI is InChI=1S/C24H21N3O5S2/c1-3-31-23(30)20-15(2)25-24(34-20)27(14-16-8-5-4-6-9-16)22(29)18-11-12-19(33-18)26-21(28)17-10-7-13-32-17/h4-13H,3,14H2,1-2H3,(H,26,28). The van der Waals surface area contributed by atoms with Crippen molar-refractivity contribution in [3.05, 3.63) is 87.6 Å². The van der Waals surface area contributed by atoms with E-state index in [-0.39, 0.29) is 24.8 Å². The number of anilines is 2. The quantitative estimate of drug-likeness (QED) is 0.329. The lowest BCUT2D eigenvalue weighted by Gasteiger charge is -2.19. The summed E-state index contributed by atoms with van der Waals surface area (Å²) >= 11 is 2.26. The first kappa shape index (κ1) is 23.4. The van der Waals surface area contributed by atoms with Crippen molar-refractivity contribution in [2.24, 2.45) is 0 Å². The summed E-state index contributed by atoms with van der Waals surface area (Å²) in [7, 11) is 0. The molecule has 174 valence electrons. The molecule has 3 aromatic heterocycles. The van der Waals surface area contributed by atoms with Crippen LogP contribution in [-0.4, -0.2) is 29.4 Å². The van der Waals surface area contributed by atoms with E-state index in [1.807, 2.05) is 30.3 Å². The minimum Gasteiger partial charge on any atom is -0.462 e. The molecule has 4 rings (SSSR count). The molecular formula is C24H21N3O5S2. The maximum Gasteiger partial charge on any atom is 0.350 e. The molecule has 0 saturated heterocycles. The van der Waals surface area contributed by atoms with Crippen LogP contribution in [-0.2, 0) is 11.3 Å². The molecule has 0 spiro atoms. The molecule has 0 fully saturated rings. The maximum absolute atomic E-state index is 13.5. The van der Waals surface area contributed by atoms with Crippen LogP contribution in [0.5, 0.6) is 0 Å². The molecule has 10 heteroatoms. The van der Waals surface area contributed by atoms with E-state index < -0.39 is 11.9 Å². The van der Waals surface area contributed by atoms with Crippen LogP contribution in [0.25, 0.3) is 0 Å². The third-order valence-corrected chi connectivity index (χ3v) is 6.85. The minimum atomic E-state index is -0.463. The lowest BCUT2D eigenvalue weighted by molar-refractivity contribution is 0.0530. The third kappa shape index (κ3) is 5.24. The number of carbonyl (C=O) groups excluding carboxylic acids is 3. The number of thiophene rings is 1. The molecule has 1 aromatic carbocycles. The largest absolute Gasteiger partial charge is 0.462 e. The number of esters is 1. The summed E-state index contributed by atoms with van der Waals surface area (Å²) in [6.45, 7) is 3.96. The van der Waals surface area contributed by atoms with Gasteiger partial charge in [-0.1, -0.05) is 41.7 Å². The number of amides is 2. The van der Waals surface area contributed by atoms with Crippen LogP contribution in [0, 0.1) is 6.92 Å².